The predicted octanol–water partition coefficient (Wildman–Crippen LogP) is 2.70. The molecule has 0 aliphatic heterocycles. The van der Waals surface area contributed by atoms with E-state index < -0.39 is 4.92 Å². The Hall–Kier alpha value is -1.89. The highest BCUT2D eigenvalue weighted by atomic mass is 79.9. The molecule has 1 saturated carbocycles. The van der Waals surface area contributed by atoms with Gasteiger partial charge in [-0.2, -0.15) is 0 Å². The molecule has 1 fully saturated rings. The molecule has 1 aromatic carbocycles. The molecule has 0 N–H and O–H groups in total. The van der Waals surface area contributed by atoms with Crippen LogP contribution >= 0.6 is 15.9 Å². The van der Waals surface area contributed by atoms with Gasteiger partial charge in [-0.1, -0.05) is 12.1 Å². The number of nitrogens with zero attached hydrogens (tertiary/aromatic N) is 3. The summed E-state index contributed by atoms with van der Waals surface area (Å²) < 4.78 is 3.73. The van der Waals surface area contributed by atoms with E-state index in [1.165, 1.54) is 6.07 Å². The van der Waals surface area contributed by atoms with Gasteiger partial charge in [0.1, 0.15) is 4.47 Å². The summed E-state index contributed by atoms with van der Waals surface area (Å²) in [4.78, 5) is 22.6. The van der Waals surface area contributed by atoms with E-state index in [9.17, 15) is 14.9 Å². The maximum absolute atomic E-state index is 12.2. The number of benzene rings is 1. The topological polar surface area (TPSA) is 70.1 Å². The summed E-state index contributed by atoms with van der Waals surface area (Å²) in [5, 5.41) is 10.9. The van der Waals surface area contributed by atoms with E-state index in [-0.39, 0.29) is 11.4 Å². The Morgan fingerprint density at radius 2 is 2.10 bits per heavy atom. The van der Waals surface area contributed by atoms with Crippen LogP contribution in [0.2, 0.25) is 0 Å². The number of aromatic nitrogens is 2. The normalized spacial score (nSPS) is 14.4. The molecule has 7 heteroatoms. The minimum Gasteiger partial charge on any atom is -0.296 e. The van der Waals surface area contributed by atoms with Crippen molar-refractivity contribution in [1.82, 2.24) is 9.13 Å². The zero-order valence-corrected chi connectivity index (χ0v) is 12.1. The maximum Gasteiger partial charge on any atom is 0.328 e. The lowest BCUT2D eigenvalue weighted by Gasteiger charge is -2.05. The minimum atomic E-state index is -0.439. The maximum atomic E-state index is 12.2. The Balaban J connectivity index is 1.93. The highest BCUT2D eigenvalue weighted by Gasteiger charge is 2.25. The van der Waals surface area contributed by atoms with E-state index >= 15 is 0 Å². The summed E-state index contributed by atoms with van der Waals surface area (Å²) in [6.07, 6.45) is 5.60. The molecule has 0 amide bonds. The SMILES string of the molecule is O=c1n(Cc2cccc([N+](=O)[O-])c2Br)ccn1C1CC1. The summed E-state index contributed by atoms with van der Waals surface area (Å²) in [6.45, 7) is 0.320. The summed E-state index contributed by atoms with van der Waals surface area (Å²) in [5.41, 5.74) is 0.665. The molecular weight excluding hydrogens is 326 g/mol. The molecular formula is C13H12BrN3O3. The predicted molar refractivity (Wildman–Crippen MR) is 76.9 cm³/mol. The summed E-state index contributed by atoms with van der Waals surface area (Å²) in [5.74, 6) is 0. The van der Waals surface area contributed by atoms with Crippen LogP contribution in [0.5, 0.6) is 0 Å². The number of nitro benzene ring substituents is 1. The molecule has 1 aromatic heterocycles. The van der Waals surface area contributed by atoms with E-state index in [0.29, 0.717) is 17.1 Å². The van der Waals surface area contributed by atoms with E-state index in [1.54, 1.807) is 33.7 Å². The van der Waals surface area contributed by atoms with Crippen molar-refractivity contribution < 1.29 is 4.92 Å². The molecule has 104 valence electrons. The lowest BCUT2D eigenvalue weighted by Crippen LogP contribution is -2.23. The molecule has 1 aliphatic rings. The van der Waals surface area contributed by atoms with Crippen LogP contribution in [0.1, 0.15) is 24.4 Å². The summed E-state index contributed by atoms with van der Waals surface area (Å²) >= 11 is 3.25. The van der Waals surface area contributed by atoms with Gasteiger partial charge in [0.2, 0.25) is 0 Å². The van der Waals surface area contributed by atoms with Crippen LogP contribution in [0.3, 0.4) is 0 Å². The molecule has 0 spiro atoms. The third kappa shape index (κ3) is 2.29. The molecule has 0 saturated heterocycles. The Morgan fingerprint density at radius 3 is 2.75 bits per heavy atom. The zero-order valence-electron chi connectivity index (χ0n) is 10.5. The first-order valence-corrected chi connectivity index (χ1v) is 7.06. The van der Waals surface area contributed by atoms with Crippen molar-refractivity contribution in [3.05, 3.63) is 61.2 Å². The van der Waals surface area contributed by atoms with Gasteiger partial charge in [-0.3, -0.25) is 19.2 Å². The number of nitro groups is 1. The molecule has 2 aromatic rings. The average molecular weight is 338 g/mol. The van der Waals surface area contributed by atoms with E-state index in [4.69, 9.17) is 0 Å². The molecule has 0 unspecified atom stereocenters. The number of hydrogen-bond acceptors (Lipinski definition) is 3. The second kappa shape index (κ2) is 4.90. The molecule has 1 heterocycles. The molecule has 6 nitrogen and oxygen atoms in total. The Bertz CT molecular complexity index is 731. The van der Waals surface area contributed by atoms with Crippen molar-refractivity contribution in [3.8, 4) is 0 Å². The molecule has 1 aliphatic carbocycles. The zero-order chi connectivity index (χ0) is 14.3. The quantitative estimate of drug-likeness (QED) is 0.636. The summed E-state index contributed by atoms with van der Waals surface area (Å²) in [6, 6.07) is 5.17. The number of halogens is 1. The van der Waals surface area contributed by atoms with Crippen LogP contribution in [-0.4, -0.2) is 14.1 Å². The summed E-state index contributed by atoms with van der Waals surface area (Å²) in [7, 11) is 0. The van der Waals surface area contributed by atoms with Gasteiger partial charge in [0.05, 0.1) is 11.5 Å². The van der Waals surface area contributed by atoms with Crippen molar-refractivity contribution >= 4 is 21.6 Å². The largest absolute Gasteiger partial charge is 0.328 e. The van der Waals surface area contributed by atoms with Crippen molar-refractivity contribution in [3.63, 3.8) is 0 Å². The first kappa shape index (κ1) is 13.1. The van der Waals surface area contributed by atoms with Crippen molar-refractivity contribution in [2.75, 3.05) is 0 Å². The fraction of sp³-hybridized carbons (Fsp3) is 0.308. The second-order valence-electron chi connectivity index (χ2n) is 4.85. The smallest absolute Gasteiger partial charge is 0.296 e. The van der Waals surface area contributed by atoms with Gasteiger partial charge in [0, 0.05) is 24.5 Å². The van der Waals surface area contributed by atoms with Crippen LogP contribution in [0, 0.1) is 10.1 Å². The van der Waals surface area contributed by atoms with Crippen molar-refractivity contribution in [1.29, 1.82) is 0 Å². The van der Waals surface area contributed by atoms with Gasteiger partial charge < -0.3 is 0 Å². The molecule has 0 atom stereocenters. The lowest BCUT2D eigenvalue weighted by molar-refractivity contribution is -0.385. The first-order chi connectivity index (χ1) is 9.58. The standard InChI is InChI=1S/C13H12BrN3O3/c14-12-9(2-1-3-11(12)17(19)20)8-15-6-7-16(13(15)18)10-4-5-10/h1-3,6-7,10H,4-5,8H2. The molecule has 0 radical (unpaired) electrons. The Morgan fingerprint density at radius 1 is 1.35 bits per heavy atom. The van der Waals surface area contributed by atoms with Crippen LogP contribution in [0.4, 0.5) is 5.69 Å². The fourth-order valence-electron chi connectivity index (χ4n) is 2.19. The minimum absolute atomic E-state index is 0.0113. The van der Waals surface area contributed by atoms with Gasteiger partial charge in [0.25, 0.3) is 5.69 Å². The number of imidazole rings is 1. The van der Waals surface area contributed by atoms with Gasteiger partial charge in [-0.15, -0.1) is 0 Å². The third-order valence-electron chi connectivity index (χ3n) is 3.41. The van der Waals surface area contributed by atoms with Crippen LogP contribution in [0.15, 0.2) is 39.9 Å². The van der Waals surface area contributed by atoms with Gasteiger partial charge in [0.15, 0.2) is 0 Å². The number of rotatable bonds is 4. The lowest BCUT2D eigenvalue weighted by atomic mass is 10.2. The average Bonchev–Trinajstić information content (AvgIpc) is 3.18. The van der Waals surface area contributed by atoms with Gasteiger partial charge in [-0.25, -0.2) is 4.79 Å². The Labute approximate surface area is 122 Å². The monoisotopic (exact) mass is 337 g/mol. The molecule has 3 rings (SSSR count). The fourth-order valence-corrected chi connectivity index (χ4v) is 2.73. The molecule has 20 heavy (non-hydrogen) atoms. The first-order valence-electron chi connectivity index (χ1n) is 6.27. The molecule has 0 bridgehead atoms. The van der Waals surface area contributed by atoms with Crippen molar-refractivity contribution in [2.45, 2.75) is 25.4 Å². The van der Waals surface area contributed by atoms with Crippen molar-refractivity contribution in [2.24, 2.45) is 0 Å². The highest BCUT2D eigenvalue weighted by Crippen LogP contribution is 2.33. The van der Waals surface area contributed by atoms with E-state index in [2.05, 4.69) is 15.9 Å². The van der Waals surface area contributed by atoms with Crippen LogP contribution in [-0.2, 0) is 6.54 Å². The van der Waals surface area contributed by atoms with Crippen LogP contribution < -0.4 is 5.69 Å². The third-order valence-corrected chi connectivity index (χ3v) is 4.33. The van der Waals surface area contributed by atoms with Crippen LogP contribution in [0.25, 0.3) is 0 Å². The van der Waals surface area contributed by atoms with E-state index in [1.807, 2.05) is 0 Å². The van der Waals surface area contributed by atoms with Gasteiger partial charge in [-0.05, 0) is 34.3 Å². The second-order valence-corrected chi connectivity index (χ2v) is 5.65. The Kier molecular flexibility index (Phi) is 3.21. The van der Waals surface area contributed by atoms with E-state index in [0.717, 1.165) is 18.4 Å². The number of hydrogen-bond donors (Lipinski definition) is 0. The van der Waals surface area contributed by atoms with Gasteiger partial charge >= 0.3 is 5.69 Å². The highest BCUT2D eigenvalue weighted by molar-refractivity contribution is 9.10.